The normalized spacial score (nSPS) is 17.0. The second-order valence-corrected chi connectivity index (χ2v) is 8.93. The molecule has 178 valence electrons. The Labute approximate surface area is 198 Å². The van der Waals surface area contributed by atoms with Crippen molar-refractivity contribution in [3.05, 3.63) is 40.8 Å². The van der Waals surface area contributed by atoms with Gasteiger partial charge in [0.1, 0.15) is 40.5 Å². The van der Waals surface area contributed by atoms with Gasteiger partial charge in [-0.2, -0.15) is 0 Å². The van der Waals surface area contributed by atoms with Crippen LogP contribution >= 0.6 is 11.3 Å². The number of hydrogen-bond acceptors (Lipinski definition) is 8. The molecule has 34 heavy (non-hydrogen) atoms. The first kappa shape index (κ1) is 23.5. The van der Waals surface area contributed by atoms with Gasteiger partial charge in [0, 0.05) is 12.6 Å². The average molecular weight is 486 g/mol. The van der Waals surface area contributed by atoms with Crippen molar-refractivity contribution < 1.29 is 18.7 Å². The summed E-state index contributed by atoms with van der Waals surface area (Å²) >= 11 is 1.20. The standard InChI is InChI=1S/C22H24FN7O3S/c1-12-18-21(26-10-27-22(18)34-19(12)20(25)32)29-15-5-4-13(23)7-16(15)33-14-3-2-6-30(8-14)9-17(24)28-11-31/h4-5,7,10-11,14H,2-3,6,8-9H2,1H3,(H2,25,32)(H2,24,28,31)(H,26,27,29). The Balaban J connectivity index is 1.58. The van der Waals surface area contributed by atoms with Gasteiger partial charge in [-0.05, 0) is 44.0 Å². The Morgan fingerprint density at radius 2 is 2.24 bits per heavy atom. The van der Waals surface area contributed by atoms with Crippen LogP contribution in [-0.4, -0.2) is 58.8 Å². The fraction of sp³-hybridized carbons (Fsp3) is 0.318. The second kappa shape index (κ2) is 10.1. The molecule has 2 amide bonds. The van der Waals surface area contributed by atoms with Crippen molar-refractivity contribution >= 4 is 51.2 Å². The van der Waals surface area contributed by atoms with Gasteiger partial charge in [0.15, 0.2) is 0 Å². The predicted molar refractivity (Wildman–Crippen MR) is 128 cm³/mol. The molecule has 3 heterocycles. The van der Waals surface area contributed by atoms with Gasteiger partial charge < -0.3 is 21.5 Å². The lowest BCUT2D eigenvalue weighted by atomic mass is 10.1. The average Bonchev–Trinajstić information content (AvgIpc) is 3.14. The summed E-state index contributed by atoms with van der Waals surface area (Å²) in [5.41, 5.74) is 12.4. The van der Waals surface area contributed by atoms with Gasteiger partial charge in [-0.15, -0.1) is 11.3 Å². The van der Waals surface area contributed by atoms with Crippen LogP contribution in [-0.2, 0) is 4.79 Å². The van der Waals surface area contributed by atoms with E-state index in [1.54, 1.807) is 13.0 Å². The Morgan fingerprint density at radius 1 is 1.41 bits per heavy atom. The molecule has 10 nitrogen and oxygen atoms in total. The lowest BCUT2D eigenvalue weighted by Crippen LogP contribution is -2.44. The summed E-state index contributed by atoms with van der Waals surface area (Å²) in [6.45, 7) is 3.48. The summed E-state index contributed by atoms with van der Waals surface area (Å²) < 4.78 is 20.3. The molecule has 1 fully saturated rings. The van der Waals surface area contributed by atoms with E-state index in [0.29, 0.717) is 57.4 Å². The smallest absolute Gasteiger partial charge is 0.259 e. The minimum Gasteiger partial charge on any atom is -0.487 e. The number of aliphatic imine (C=N–C) groups is 1. The topological polar surface area (TPSA) is 149 Å². The number of carbonyl (C=O) groups is 2. The van der Waals surface area contributed by atoms with Crippen LogP contribution in [0.3, 0.4) is 0 Å². The van der Waals surface area contributed by atoms with Gasteiger partial charge in [0.2, 0.25) is 6.41 Å². The molecule has 1 unspecified atom stereocenters. The highest BCUT2D eigenvalue weighted by atomic mass is 32.1. The molecule has 0 radical (unpaired) electrons. The Kier molecular flexibility index (Phi) is 6.98. The van der Waals surface area contributed by atoms with E-state index in [-0.39, 0.29) is 11.9 Å². The number of fused-ring (bicyclic) bond motifs is 1. The van der Waals surface area contributed by atoms with Crippen molar-refractivity contribution in [3.8, 4) is 5.75 Å². The van der Waals surface area contributed by atoms with Gasteiger partial charge in [-0.1, -0.05) is 0 Å². The molecular formula is C22H24FN7O3S. The highest BCUT2D eigenvalue weighted by Gasteiger charge is 2.24. The molecule has 12 heteroatoms. The minimum atomic E-state index is -0.530. The fourth-order valence-corrected chi connectivity index (χ4v) is 5.00. The zero-order chi connectivity index (χ0) is 24.2. The minimum absolute atomic E-state index is 0.213. The van der Waals surface area contributed by atoms with E-state index in [0.717, 1.165) is 19.4 Å². The van der Waals surface area contributed by atoms with E-state index in [9.17, 15) is 14.0 Å². The molecule has 1 aromatic carbocycles. The number of nitrogens with zero attached hydrogens (tertiary/aromatic N) is 4. The van der Waals surface area contributed by atoms with Crippen molar-refractivity contribution in [1.29, 1.82) is 0 Å². The molecule has 0 bridgehead atoms. The van der Waals surface area contributed by atoms with Gasteiger partial charge in [0.05, 0.1) is 22.5 Å². The van der Waals surface area contributed by atoms with Crippen molar-refractivity contribution in [2.24, 2.45) is 16.5 Å². The number of nitrogens with one attached hydrogen (secondary N) is 1. The molecule has 3 aromatic rings. The number of primary amides is 1. The zero-order valence-electron chi connectivity index (χ0n) is 18.5. The van der Waals surface area contributed by atoms with E-state index in [2.05, 4.69) is 20.3 Å². The lowest BCUT2D eigenvalue weighted by Gasteiger charge is -2.33. The predicted octanol–water partition coefficient (Wildman–Crippen LogP) is 2.34. The van der Waals surface area contributed by atoms with Crippen molar-refractivity contribution in [2.75, 3.05) is 25.0 Å². The summed E-state index contributed by atoms with van der Waals surface area (Å²) in [4.78, 5) is 37.5. The number of thiophene rings is 1. The van der Waals surface area contributed by atoms with Crippen molar-refractivity contribution in [1.82, 2.24) is 14.9 Å². The highest BCUT2D eigenvalue weighted by molar-refractivity contribution is 7.20. The van der Waals surface area contributed by atoms with Gasteiger partial charge >= 0.3 is 0 Å². The van der Waals surface area contributed by atoms with Crippen LogP contribution in [0, 0.1) is 12.7 Å². The molecule has 1 atom stereocenters. The van der Waals surface area contributed by atoms with Gasteiger partial charge in [0.25, 0.3) is 5.91 Å². The van der Waals surface area contributed by atoms with E-state index < -0.39 is 11.7 Å². The number of amides is 2. The molecule has 5 N–H and O–H groups in total. The van der Waals surface area contributed by atoms with Crippen molar-refractivity contribution in [3.63, 3.8) is 0 Å². The van der Waals surface area contributed by atoms with Crippen LogP contribution in [0.25, 0.3) is 10.2 Å². The number of likely N-dealkylation sites (tertiary alicyclic amines) is 1. The summed E-state index contributed by atoms with van der Waals surface area (Å²) in [7, 11) is 0. The summed E-state index contributed by atoms with van der Waals surface area (Å²) in [5.74, 6) is 0.0593. The SMILES string of the molecule is Cc1c(C(N)=O)sc2ncnc(Nc3ccc(F)cc3OC3CCCN(CC(N)=NC=O)C3)c12. The molecule has 0 saturated carbocycles. The molecule has 0 aliphatic carbocycles. The van der Waals surface area contributed by atoms with Crippen LogP contribution in [0.1, 0.15) is 28.1 Å². The van der Waals surface area contributed by atoms with Crippen LogP contribution < -0.4 is 21.5 Å². The van der Waals surface area contributed by atoms with Crippen LogP contribution in [0.5, 0.6) is 5.75 Å². The van der Waals surface area contributed by atoms with Crippen LogP contribution in [0.2, 0.25) is 0 Å². The monoisotopic (exact) mass is 485 g/mol. The number of rotatable bonds is 8. The third-order valence-electron chi connectivity index (χ3n) is 5.51. The number of ether oxygens (including phenoxy) is 1. The lowest BCUT2D eigenvalue weighted by molar-refractivity contribution is -0.106. The number of aromatic nitrogens is 2. The quantitative estimate of drug-likeness (QED) is 0.250. The van der Waals surface area contributed by atoms with Gasteiger partial charge in [-0.3, -0.25) is 14.5 Å². The first-order valence-corrected chi connectivity index (χ1v) is 11.4. The Bertz CT molecular complexity index is 1260. The highest BCUT2D eigenvalue weighted by Crippen LogP contribution is 2.36. The summed E-state index contributed by atoms with van der Waals surface area (Å²) in [6.07, 6.45) is 3.23. The molecule has 1 aliphatic rings. The van der Waals surface area contributed by atoms with Crippen molar-refractivity contribution in [2.45, 2.75) is 25.9 Å². The maximum Gasteiger partial charge on any atom is 0.259 e. The number of halogens is 1. The van der Waals surface area contributed by atoms with E-state index >= 15 is 0 Å². The number of nitrogens with two attached hydrogens (primary N) is 2. The number of benzene rings is 1. The second-order valence-electron chi connectivity index (χ2n) is 7.93. The molecular weight excluding hydrogens is 461 g/mol. The number of hydrogen-bond donors (Lipinski definition) is 3. The third kappa shape index (κ3) is 5.13. The zero-order valence-corrected chi connectivity index (χ0v) is 19.3. The first-order chi connectivity index (χ1) is 16.4. The Hall–Kier alpha value is -3.64. The third-order valence-corrected chi connectivity index (χ3v) is 6.72. The summed E-state index contributed by atoms with van der Waals surface area (Å²) in [6, 6.07) is 4.22. The number of amidine groups is 1. The molecule has 1 aliphatic heterocycles. The molecule has 1 saturated heterocycles. The molecule has 2 aromatic heterocycles. The number of carbonyl (C=O) groups excluding carboxylic acids is 2. The van der Waals surface area contributed by atoms with E-state index in [1.165, 1.54) is 29.8 Å². The van der Waals surface area contributed by atoms with Gasteiger partial charge in [-0.25, -0.2) is 19.4 Å². The summed E-state index contributed by atoms with van der Waals surface area (Å²) in [5, 5.41) is 3.88. The number of anilines is 2. The maximum atomic E-state index is 14.1. The fourth-order valence-electron chi connectivity index (χ4n) is 4.00. The number of aryl methyl sites for hydroxylation is 1. The Morgan fingerprint density at radius 3 is 3.00 bits per heavy atom. The first-order valence-electron chi connectivity index (χ1n) is 10.6. The van der Waals surface area contributed by atoms with Crippen LogP contribution in [0.4, 0.5) is 15.9 Å². The van der Waals surface area contributed by atoms with Crippen LogP contribution in [0.15, 0.2) is 29.5 Å². The molecule has 4 rings (SSSR count). The van der Waals surface area contributed by atoms with E-state index in [1.807, 2.05) is 4.90 Å². The largest absolute Gasteiger partial charge is 0.487 e. The number of piperidine rings is 1. The maximum absolute atomic E-state index is 14.1. The molecule has 0 spiro atoms. The van der Waals surface area contributed by atoms with E-state index in [4.69, 9.17) is 16.2 Å².